The van der Waals surface area contributed by atoms with Crippen molar-refractivity contribution in [3.8, 4) is 6.07 Å². The molecule has 1 rings (SSSR count). The molecule has 7 heteroatoms. The molecule has 0 fully saturated rings. The minimum absolute atomic E-state index is 0.0397. The summed E-state index contributed by atoms with van der Waals surface area (Å²) in [6.45, 7) is 0.241. The Morgan fingerprint density at radius 2 is 2.31 bits per heavy atom. The summed E-state index contributed by atoms with van der Waals surface area (Å²) in [5, 5.41) is 11.5. The van der Waals surface area contributed by atoms with E-state index in [-0.39, 0.29) is 12.3 Å². The number of nitrogens with zero attached hydrogens (tertiary/aromatic N) is 2. The van der Waals surface area contributed by atoms with Crippen LogP contribution in [0.15, 0.2) is 18.3 Å². The third-order valence-electron chi connectivity index (χ3n) is 1.88. The van der Waals surface area contributed by atoms with E-state index in [1.54, 1.807) is 12.1 Å². The van der Waals surface area contributed by atoms with Gasteiger partial charge in [-0.3, -0.25) is 0 Å². The van der Waals surface area contributed by atoms with Crippen LogP contribution in [-0.2, 0) is 10.0 Å². The number of anilines is 1. The van der Waals surface area contributed by atoms with Crippen molar-refractivity contribution < 1.29 is 8.42 Å². The fraction of sp³-hybridized carbons (Fsp3) is 0.333. The second-order valence-electron chi connectivity index (χ2n) is 2.99. The number of pyridine rings is 1. The fourth-order valence-electron chi connectivity index (χ4n) is 1.01. The largest absolute Gasteiger partial charge is 0.369 e. The van der Waals surface area contributed by atoms with E-state index in [2.05, 4.69) is 15.0 Å². The van der Waals surface area contributed by atoms with Gasteiger partial charge in [0.05, 0.1) is 17.4 Å². The maximum Gasteiger partial charge on any atom is 0.213 e. The number of rotatable bonds is 5. The fourth-order valence-corrected chi connectivity index (χ4v) is 1.59. The summed E-state index contributed by atoms with van der Waals surface area (Å²) < 4.78 is 24.4. The van der Waals surface area contributed by atoms with Crippen molar-refractivity contribution in [1.82, 2.24) is 9.71 Å². The van der Waals surface area contributed by atoms with Gasteiger partial charge < -0.3 is 5.32 Å². The van der Waals surface area contributed by atoms with E-state index < -0.39 is 10.0 Å². The monoisotopic (exact) mass is 240 g/mol. The molecule has 1 heterocycles. The maximum atomic E-state index is 11.1. The molecule has 0 aliphatic carbocycles. The van der Waals surface area contributed by atoms with Crippen LogP contribution in [0.5, 0.6) is 0 Å². The topological polar surface area (TPSA) is 94.9 Å². The maximum absolute atomic E-state index is 11.1. The Morgan fingerprint density at radius 3 is 2.94 bits per heavy atom. The zero-order valence-electron chi connectivity index (χ0n) is 8.77. The summed E-state index contributed by atoms with van der Waals surface area (Å²) in [5.74, 6) is 0.451. The first-order valence-corrected chi connectivity index (χ1v) is 6.24. The Hall–Kier alpha value is -1.65. The standard InChI is InChI=1S/C9H12N4O2S/c1-11-16(14,15)5-4-13-9-6-8(7-10)2-3-12-9/h2-3,6,11H,4-5H2,1H3,(H,12,13). The molecule has 6 nitrogen and oxygen atoms in total. The number of aromatic nitrogens is 1. The lowest BCUT2D eigenvalue weighted by molar-refractivity contribution is 0.588. The Bertz CT molecular complexity index is 492. The minimum Gasteiger partial charge on any atom is -0.369 e. The van der Waals surface area contributed by atoms with Crippen LogP contribution >= 0.6 is 0 Å². The van der Waals surface area contributed by atoms with E-state index in [0.717, 1.165) is 0 Å². The number of hydrogen-bond acceptors (Lipinski definition) is 5. The summed E-state index contributed by atoms with van der Waals surface area (Å²) in [7, 11) is -1.85. The van der Waals surface area contributed by atoms with Crippen LogP contribution in [0.25, 0.3) is 0 Å². The molecule has 86 valence electrons. The summed E-state index contributed by atoms with van der Waals surface area (Å²) >= 11 is 0. The molecule has 1 aromatic rings. The van der Waals surface area contributed by atoms with Crippen LogP contribution in [-0.4, -0.2) is 32.7 Å². The van der Waals surface area contributed by atoms with E-state index in [1.807, 2.05) is 6.07 Å². The third-order valence-corrected chi connectivity index (χ3v) is 3.24. The van der Waals surface area contributed by atoms with Gasteiger partial charge in [0, 0.05) is 12.7 Å². The molecule has 0 radical (unpaired) electrons. The Labute approximate surface area is 94.4 Å². The van der Waals surface area contributed by atoms with Gasteiger partial charge in [0.25, 0.3) is 0 Å². The van der Waals surface area contributed by atoms with Crippen LogP contribution in [0.2, 0.25) is 0 Å². The lowest BCUT2D eigenvalue weighted by atomic mass is 10.3. The first kappa shape index (κ1) is 12.4. The van der Waals surface area contributed by atoms with Crippen molar-refractivity contribution in [1.29, 1.82) is 5.26 Å². The molecular formula is C9H12N4O2S. The molecule has 0 aliphatic rings. The van der Waals surface area contributed by atoms with Crippen molar-refractivity contribution in [2.24, 2.45) is 0 Å². The normalized spacial score (nSPS) is 10.8. The van der Waals surface area contributed by atoms with Gasteiger partial charge >= 0.3 is 0 Å². The molecule has 16 heavy (non-hydrogen) atoms. The van der Waals surface area contributed by atoms with Crippen LogP contribution in [0, 0.1) is 11.3 Å². The van der Waals surface area contributed by atoms with Gasteiger partial charge in [-0.15, -0.1) is 0 Å². The average molecular weight is 240 g/mol. The molecule has 0 bridgehead atoms. The molecule has 2 N–H and O–H groups in total. The van der Waals surface area contributed by atoms with Gasteiger partial charge in [-0.05, 0) is 19.2 Å². The molecule has 1 aromatic heterocycles. The van der Waals surface area contributed by atoms with Gasteiger partial charge in [-0.2, -0.15) is 5.26 Å². The van der Waals surface area contributed by atoms with Crippen molar-refractivity contribution in [2.75, 3.05) is 24.7 Å². The Balaban J connectivity index is 2.53. The second-order valence-corrected chi connectivity index (χ2v) is 5.04. The lowest BCUT2D eigenvalue weighted by Crippen LogP contribution is -2.26. The van der Waals surface area contributed by atoms with Crippen LogP contribution in [0.1, 0.15) is 5.56 Å². The van der Waals surface area contributed by atoms with E-state index in [0.29, 0.717) is 11.4 Å². The van der Waals surface area contributed by atoms with Crippen molar-refractivity contribution >= 4 is 15.8 Å². The molecule has 0 spiro atoms. The zero-order chi connectivity index (χ0) is 12.0. The summed E-state index contributed by atoms with van der Waals surface area (Å²) in [6, 6.07) is 5.11. The highest BCUT2D eigenvalue weighted by Gasteiger charge is 2.05. The highest BCUT2D eigenvalue weighted by molar-refractivity contribution is 7.89. The number of hydrogen-bond donors (Lipinski definition) is 2. The molecule has 0 unspecified atom stereocenters. The molecule has 0 saturated carbocycles. The molecular weight excluding hydrogens is 228 g/mol. The lowest BCUT2D eigenvalue weighted by Gasteiger charge is -2.05. The smallest absolute Gasteiger partial charge is 0.213 e. The van der Waals surface area contributed by atoms with E-state index >= 15 is 0 Å². The van der Waals surface area contributed by atoms with Gasteiger partial charge in [0.2, 0.25) is 10.0 Å². The van der Waals surface area contributed by atoms with Gasteiger partial charge in [-0.25, -0.2) is 18.1 Å². The van der Waals surface area contributed by atoms with E-state index in [1.165, 1.54) is 13.2 Å². The predicted octanol–water partition coefficient (Wildman–Crippen LogP) is -0.0856. The first-order chi connectivity index (χ1) is 7.57. The molecule has 0 saturated heterocycles. The Morgan fingerprint density at radius 1 is 1.56 bits per heavy atom. The van der Waals surface area contributed by atoms with Crippen molar-refractivity contribution in [2.45, 2.75) is 0 Å². The highest BCUT2D eigenvalue weighted by atomic mass is 32.2. The highest BCUT2D eigenvalue weighted by Crippen LogP contribution is 2.04. The molecule has 0 atom stereocenters. The van der Waals surface area contributed by atoms with Crippen molar-refractivity contribution in [3.63, 3.8) is 0 Å². The summed E-state index contributed by atoms with van der Waals surface area (Å²) in [5.41, 5.74) is 0.481. The zero-order valence-corrected chi connectivity index (χ0v) is 9.58. The first-order valence-electron chi connectivity index (χ1n) is 4.58. The SMILES string of the molecule is CNS(=O)(=O)CCNc1cc(C#N)ccn1. The van der Waals surface area contributed by atoms with Gasteiger partial charge in [0.1, 0.15) is 5.82 Å². The number of nitrogens with one attached hydrogen (secondary N) is 2. The molecule has 0 amide bonds. The number of sulfonamides is 1. The predicted molar refractivity (Wildman–Crippen MR) is 60.3 cm³/mol. The summed E-state index contributed by atoms with van der Waals surface area (Å²) in [4.78, 5) is 3.96. The second kappa shape index (κ2) is 5.44. The molecule has 0 aliphatic heterocycles. The van der Waals surface area contributed by atoms with Gasteiger partial charge in [0.15, 0.2) is 0 Å². The van der Waals surface area contributed by atoms with Crippen LogP contribution in [0.3, 0.4) is 0 Å². The van der Waals surface area contributed by atoms with Crippen LogP contribution < -0.4 is 10.0 Å². The van der Waals surface area contributed by atoms with E-state index in [4.69, 9.17) is 5.26 Å². The van der Waals surface area contributed by atoms with E-state index in [9.17, 15) is 8.42 Å². The minimum atomic E-state index is -3.21. The number of nitriles is 1. The van der Waals surface area contributed by atoms with Gasteiger partial charge in [-0.1, -0.05) is 0 Å². The van der Waals surface area contributed by atoms with Crippen molar-refractivity contribution in [3.05, 3.63) is 23.9 Å². The average Bonchev–Trinajstić information content (AvgIpc) is 2.29. The summed E-state index contributed by atoms with van der Waals surface area (Å²) in [6.07, 6.45) is 1.49. The quantitative estimate of drug-likeness (QED) is 0.750. The Kier molecular flexibility index (Phi) is 4.22. The van der Waals surface area contributed by atoms with Crippen LogP contribution in [0.4, 0.5) is 5.82 Å². The molecule has 0 aromatic carbocycles. The third kappa shape index (κ3) is 3.84.